The van der Waals surface area contributed by atoms with Crippen LogP contribution in [0.25, 0.3) is 10.8 Å². The van der Waals surface area contributed by atoms with E-state index >= 15 is 0 Å². The number of carbonyl (C=O) groups is 3. The topological polar surface area (TPSA) is 66.5 Å². The van der Waals surface area contributed by atoms with E-state index in [9.17, 15) is 14.4 Å². The molecule has 4 aliphatic carbocycles. The molecule has 5 aliphatic rings. The molecule has 7 rings (SSSR count). The molecular formula is C24H22N2O3. The highest BCUT2D eigenvalue weighted by Crippen LogP contribution is 2.65. The van der Waals surface area contributed by atoms with Gasteiger partial charge in [0.05, 0.1) is 11.8 Å². The molecule has 0 aromatic heterocycles. The van der Waals surface area contributed by atoms with Gasteiger partial charge >= 0.3 is 0 Å². The molecule has 3 fully saturated rings. The summed E-state index contributed by atoms with van der Waals surface area (Å²) in [5, 5.41) is 4.90. The van der Waals surface area contributed by atoms with Gasteiger partial charge in [-0.2, -0.15) is 0 Å². The summed E-state index contributed by atoms with van der Waals surface area (Å²) in [6.07, 6.45) is 5.43. The van der Waals surface area contributed by atoms with Crippen molar-refractivity contribution >= 4 is 34.2 Å². The Labute approximate surface area is 168 Å². The molecule has 3 amide bonds. The zero-order chi connectivity index (χ0) is 19.9. The minimum Gasteiger partial charge on any atom is -0.324 e. The summed E-state index contributed by atoms with van der Waals surface area (Å²) in [6, 6.07) is 12.7. The summed E-state index contributed by atoms with van der Waals surface area (Å²) in [6.45, 7) is 1.66. The van der Waals surface area contributed by atoms with E-state index in [4.69, 9.17) is 0 Å². The molecule has 2 aromatic rings. The normalized spacial score (nSPS) is 34.9. The Morgan fingerprint density at radius 2 is 1.59 bits per heavy atom. The van der Waals surface area contributed by atoms with Crippen molar-refractivity contribution in [1.82, 2.24) is 4.90 Å². The molecule has 2 bridgehead atoms. The number of amides is 3. The first-order valence-corrected chi connectivity index (χ1v) is 10.4. The molecule has 1 N–H and O–H groups in total. The molecule has 1 heterocycles. The molecule has 1 aliphatic heterocycles. The number of hydrogen-bond acceptors (Lipinski definition) is 3. The SMILES string of the molecule is C[C@@H](C(=O)Nc1cccc2ccccc12)N1C(=O)[C@H]2[C@@H]3C=C[C@H]([C@H]4C[C@H]34)[C@@H]2C1=O. The maximum absolute atomic E-state index is 13.2. The van der Waals surface area contributed by atoms with Gasteiger partial charge in [-0.25, -0.2) is 0 Å². The first kappa shape index (κ1) is 17.0. The van der Waals surface area contributed by atoms with Crippen LogP contribution in [0, 0.1) is 35.5 Å². The van der Waals surface area contributed by atoms with Crippen LogP contribution in [0.1, 0.15) is 13.3 Å². The average molecular weight is 386 g/mol. The molecule has 2 aromatic carbocycles. The van der Waals surface area contributed by atoms with Crippen molar-refractivity contribution in [2.75, 3.05) is 5.32 Å². The Kier molecular flexibility index (Phi) is 3.38. The van der Waals surface area contributed by atoms with Gasteiger partial charge in [-0.3, -0.25) is 19.3 Å². The fourth-order valence-corrected chi connectivity index (χ4v) is 6.05. The van der Waals surface area contributed by atoms with Crippen molar-refractivity contribution < 1.29 is 14.4 Å². The van der Waals surface area contributed by atoms with Crippen LogP contribution in [0.4, 0.5) is 5.69 Å². The van der Waals surface area contributed by atoms with Crippen molar-refractivity contribution in [3.8, 4) is 0 Å². The van der Waals surface area contributed by atoms with Crippen molar-refractivity contribution in [3.05, 3.63) is 54.6 Å². The Balaban J connectivity index is 1.27. The number of nitrogens with zero attached hydrogens (tertiary/aromatic N) is 1. The van der Waals surface area contributed by atoms with Crippen LogP contribution < -0.4 is 5.32 Å². The minimum absolute atomic E-state index is 0.162. The zero-order valence-electron chi connectivity index (χ0n) is 16.1. The van der Waals surface area contributed by atoms with Gasteiger partial charge in [-0.05, 0) is 48.5 Å². The quantitative estimate of drug-likeness (QED) is 0.651. The van der Waals surface area contributed by atoms with Gasteiger partial charge in [-0.1, -0.05) is 48.6 Å². The molecule has 2 saturated carbocycles. The minimum atomic E-state index is -0.824. The Morgan fingerprint density at radius 1 is 0.966 bits per heavy atom. The van der Waals surface area contributed by atoms with Crippen LogP contribution >= 0.6 is 0 Å². The summed E-state index contributed by atoms with van der Waals surface area (Å²) in [5.41, 5.74) is 0.694. The van der Waals surface area contributed by atoms with Crippen LogP contribution in [0.15, 0.2) is 54.6 Å². The van der Waals surface area contributed by atoms with Crippen LogP contribution in [0.2, 0.25) is 0 Å². The van der Waals surface area contributed by atoms with Gasteiger partial charge in [0, 0.05) is 11.1 Å². The van der Waals surface area contributed by atoms with Crippen LogP contribution in [-0.2, 0) is 14.4 Å². The van der Waals surface area contributed by atoms with Crippen molar-refractivity contribution in [1.29, 1.82) is 0 Å². The number of imide groups is 1. The lowest BCUT2D eigenvalue weighted by Crippen LogP contribution is -2.46. The summed E-state index contributed by atoms with van der Waals surface area (Å²) in [4.78, 5) is 40.7. The predicted molar refractivity (Wildman–Crippen MR) is 109 cm³/mol. The van der Waals surface area contributed by atoms with E-state index in [1.54, 1.807) is 6.92 Å². The Bertz CT molecular complexity index is 1070. The summed E-state index contributed by atoms with van der Waals surface area (Å²) in [7, 11) is 0. The molecule has 5 nitrogen and oxygen atoms in total. The molecule has 146 valence electrons. The molecule has 0 radical (unpaired) electrons. The third kappa shape index (κ3) is 2.24. The number of benzene rings is 2. The molecule has 7 atom stereocenters. The van der Waals surface area contributed by atoms with Gasteiger partial charge in [0.15, 0.2) is 0 Å². The fraction of sp³-hybridized carbons (Fsp3) is 0.375. The van der Waals surface area contributed by atoms with Crippen LogP contribution in [0.5, 0.6) is 0 Å². The number of rotatable bonds is 3. The number of anilines is 1. The third-order valence-electron chi connectivity index (χ3n) is 7.51. The monoisotopic (exact) mass is 386 g/mol. The first-order valence-electron chi connectivity index (χ1n) is 10.4. The third-order valence-corrected chi connectivity index (χ3v) is 7.51. The van der Waals surface area contributed by atoms with Crippen LogP contribution in [0.3, 0.4) is 0 Å². The van der Waals surface area contributed by atoms with Gasteiger partial charge in [0.2, 0.25) is 17.7 Å². The van der Waals surface area contributed by atoms with E-state index in [0.717, 1.165) is 17.2 Å². The smallest absolute Gasteiger partial charge is 0.247 e. The fourth-order valence-electron chi connectivity index (χ4n) is 6.05. The Morgan fingerprint density at radius 3 is 2.28 bits per heavy atom. The zero-order valence-corrected chi connectivity index (χ0v) is 16.1. The van der Waals surface area contributed by atoms with E-state index in [0.29, 0.717) is 17.5 Å². The van der Waals surface area contributed by atoms with Crippen molar-refractivity contribution in [3.63, 3.8) is 0 Å². The lowest BCUT2D eigenvalue weighted by Gasteiger charge is -2.37. The second-order valence-electron chi connectivity index (χ2n) is 8.89. The maximum Gasteiger partial charge on any atom is 0.247 e. The van der Waals surface area contributed by atoms with Gasteiger partial charge in [-0.15, -0.1) is 0 Å². The van der Waals surface area contributed by atoms with Crippen LogP contribution in [-0.4, -0.2) is 28.7 Å². The lowest BCUT2D eigenvalue weighted by molar-refractivity contribution is -0.146. The van der Waals surface area contributed by atoms with Crippen molar-refractivity contribution in [2.45, 2.75) is 19.4 Å². The molecular weight excluding hydrogens is 364 g/mol. The highest BCUT2D eigenvalue weighted by Gasteiger charge is 2.67. The molecule has 5 heteroatoms. The van der Waals surface area contributed by atoms with E-state index in [1.807, 2.05) is 42.5 Å². The highest BCUT2D eigenvalue weighted by molar-refractivity contribution is 6.11. The van der Waals surface area contributed by atoms with Crippen molar-refractivity contribution in [2.24, 2.45) is 35.5 Å². The highest BCUT2D eigenvalue weighted by atomic mass is 16.2. The van der Waals surface area contributed by atoms with E-state index in [-0.39, 0.29) is 41.4 Å². The Hall–Kier alpha value is -2.95. The van der Waals surface area contributed by atoms with E-state index in [1.165, 1.54) is 4.90 Å². The number of allylic oxidation sites excluding steroid dienone is 2. The maximum atomic E-state index is 13.2. The molecule has 0 unspecified atom stereocenters. The number of fused-ring (bicyclic) bond motifs is 1. The number of hydrogen-bond donors (Lipinski definition) is 1. The molecule has 29 heavy (non-hydrogen) atoms. The largest absolute Gasteiger partial charge is 0.324 e. The van der Waals surface area contributed by atoms with Gasteiger partial charge in [0.25, 0.3) is 0 Å². The second-order valence-corrected chi connectivity index (χ2v) is 8.89. The van der Waals surface area contributed by atoms with E-state index in [2.05, 4.69) is 17.5 Å². The summed E-state index contributed by atoms with van der Waals surface area (Å²) >= 11 is 0. The van der Waals surface area contributed by atoms with Gasteiger partial charge < -0.3 is 5.32 Å². The first-order chi connectivity index (χ1) is 14.1. The average Bonchev–Trinajstić information content (AvgIpc) is 3.51. The van der Waals surface area contributed by atoms with E-state index < -0.39 is 6.04 Å². The second kappa shape index (κ2) is 5.78. The predicted octanol–water partition coefficient (Wildman–Crippen LogP) is 3.22. The standard InChI is InChI=1S/C24H22N2O3/c1-12(22(27)25-19-8-4-6-13-5-2-3-7-14(13)19)26-23(28)20-15-9-10-16(18-11-17(15)18)21(20)24(26)29/h2-10,12,15-18,20-21H,11H2,1H3,(H,25,27)/t12-,15+,16+,17+,18+,20-,21-/m0/s1. The molecule has 1 saturated heterocycles. The number of nitrogens with one attached hydrogen (secondary N) is 1. The summed E-state index contributed by atoms with van der Waals surface area (Å²) < 4.78 is 0. The number of likely N-dealkylation sites (tertiary alicyclic amines) is 1. The summed E-state index contributed by atoms with van der Waals surface area (Å²) in [5.74, 6) is 0.269. The van der Waals surface area contributed by atoms with Gasteiger partial charge in [0.1, 0.15) is 6.04 Å². The molecule has 0 spiro atoms. The lowest BCUT2D eigenvalue weighted by atomic mass is 9.63. The number of carbonyl (C=O) groups excluding carboxylic acids is 3.